The lowest BCUT2D eigenvalue weighted by Gasteiger charge is -1.95. The zero-order valence-corrected chi connectivity index (χ0v) is 18.5. The molecule has 2 heterocycles. The number of hydrogen-bond donors (Lipinski definition) is 4. The second kappa shape index (κ2) is 10.5. The Morgan fingerprint density at radius 1 is 0.625 bits per heavy atom. The minimum Gasteiger partial charge on any atom is -0.457 e. The predicted molar refractivity (Wildman–Crippen MR) is 136 cm³/mol. The van der Waals surface area contributed by atoms with Gasteiger partial charge in [-0.3, -0.25) is 10.8 Å². The van der Waals surface area contributed by atoms with Gasteiger partial charge in [0.15, 0.2) is 0 Å². The molecule has 4 rings (SSSR count). The van der Waals surface area contributed by atoms with Gasteiger partial charge < -0.3 is 20.3 Å². The molecule has 32 heavy (non-hydrogen) atoms. The van der Waals surface area contributed by atoms with Crippen molar-refractivity contribution in [3.05, 3.63) is 95.5 Å². The maximum Gasteiger partial charge on any atom is 0.134 e. The number of nitrogen functional groups attached to an aromatic ring is 2. The molecule has 8 heteroatoms. The fourth-order valence-corrected chi connectivity index (χ4v) is 3.06. The summed E-state index contributed by atoms with van der Waals surface area (Å²) in [5.74, 6) is 1.51. The first kappa shape index (κ1) is 24.5. The third-order valence-electron chi connectivity index (χ3n) is 4.55. The minimum absolute atomic E-state index is 0. The van der Waals surface area contributed by atoms with E-state index in [-0.39, 0.29) is 36.5 Å². The van der Waals surface area contributed by atoms with Gasteiger partial charge in [0.05, 0.1) is 0 Å². The summed E-state index contributed by atoms with van der Waals surface area (Å²) < 4.78 is 11.5. The molecular weight excluding hydrogens is 447 g/mol. The van der Waals surface area contributed by atoms with E-state index in [1.54, 1.807) is 12.1 Å². The number of fused-ring (bicyclic) bond motifs is 2. The van der Waals surface area contributed by atoms with Crippen LogP contribution < -0.4 is 11.5 Å². The monoisotopic (exact) mass is 468 g/mol. The third kappa shape index (κ3) is 5.49. The molecule has 0 radical (unpaired) electrons. The van der Waals surface area contributed by atoms with Gasteiger partial charge in [-0.25, -0.2) is 0 Å². The quantitative estimate of drug-likeness (QED) is 0.160. The van der Waals surface area contributed by atoms with Gasteiger partial charge in [0.2, 0.25) is 0 Å². The molecule has 0 unspecified atom stereocenters. The molecule has 2 aromatic carbocycles. The van der Waals surface area contributed by atoms with Crippen LogP contribution in [-0.4, -0.2) is 11.7 Å². The Morgan fingerprint density at radius 3 is 1.41 bits per heavy atom. The third-order valence-corrected chi connectivity index (χ3v) is 4.55. The zero-order chi connectivity index (χ0) is 21.1. The van der Waals surface area contributed by atoms with Crippen molar-refractivity contribution >= 4 is 70.6 Å². The highest BCUT2D eigenvalue weighted by Crippen LogP contribution is 2.23. The molecule has 6 N–H and O–H groups in total. The molecule has 0 fully saturated rings. The van der Waals surface area contributed by atoms with Crippen LogP contribution in [0, 0.1) is 10.8 Å². The van der Waals surface area contributed by atoms with Gasteiger partial charge in [-0.15, -0.1) is 24.8 Å². The van der Waals surface area contributed by atoms with Crippen molar-refractivity contribution in [2.45, 2.75) is 0 Å². The van der Waals surface area contributed by atoms with Gasteiger partial charge in [-0.2, -0.15) is 0 Å². The molecule has 0 aliphatic carbocycles. The summed E-state index contributed by atoms with van der Waals surface area (Å²) >= 11 is 0. The smallest absolute Gasteiger partial charge is 0.134 e. The molecule has 0 amide bonds. The standard InChI is InChI=1S/C24H20N4O2.2ClH/c25-23(26)15-7-9-21-17(11-15)13-19(29-21)5-3-1-2-4-6-20-14-18-12-16(24(27)28)8-10-22(18)30-20;;/h1-14H,(H3,25,26)(H3,27,28);2*1H. The molecule has 0 atom stereocenters. The SMILES string of the molecule is Cl.Cl.N=C(N)c1ccc2oc(C=CC=CC=Cc3cc4cc(C(=N)N)ccc4o3)cc2c1. The number of hydrogen-bond acceptors (Lipinski definition) is 4. The van der Waals surface area contributed by atoms with Gasteiger partial charge in [0.25, 0.3) is 0 Å². The van der Waals surface area contributed by atoms with E-state index in [0.29, 0.717) is 11.1 Å². The summed E-state index contributed by atoms with van der Waals surface area (Å²) in [6, 6.07) is 14.7. The lowest BCUT2D eigenvalue weighted by molar-refractivity contribution is 0.604. The average Bonchev–Trinajstić information content (AvgIpc) is 3.32. The van der Waals surface area contributed by atoms with Crippen LogP contribution in [0.1, 0.15) is 22.6 Å². The summed E-state index contributed by atoms with van der Waals surface area (Å²) in [5, 5.41) is 16.8. The number of nitrogens with two attached hydrogens (primary N) is 2. The van der Waals surface area contributed by atoms with E-state index < -0.39 is 0 Å². The van der Waals surface area contributed by atoms with Crippen LogP contribution in [0.15, 0.2) is 81.7 Å². The molecule has 6 nitrogen and oxygen atoms in total. The summed E-state index contributed by atoms with van der Waals surface area (Å²) in [6.07, 6.45) is 11.3. The second-order valence-electron chi connectivity index (χ2n) is 6.73. The molecule has 0 saturated carbocycles. The zero-order valence-electron chi connectivity index (χ0n) is 16.9. The fourth-order valence-electron chi connectivity index (χ4n) is 3.06. The highest BCUT2D eigenvalue weighted by atomic mass is 35.5. The van der Waals surface area contributed by atoms with E-state index in [9.17, 15) is 0 Å². The van der Waals surface area contributed by atoms with Crippen LogP contribution in [0.25, 0.3) is 34.1 Å². The highest BCUT2D eigenvalue weighted by Gasteiger charge is 2.05. The molecular formula is C24H22Cl2N4O2. The van der Waals surface area contributed by atoms with Crippen molar-refractivity contribution in [3.63, 3.8) is 0 Å². The van der Waals surface area contributed by atoms with Crippen molar-refractivity contribution in [1.82, 2.24) is 0 Å². The van der Waals surface area contributed by atoms with Crippen LogP contribution in [0.4, 0.5) is 0 Å². The minimum atomic E-state index is 0. The van der Waals surface area contributed by atoms with Gasteiger partial charge in [-0.05, 0) is 60.7 Å². The Bertz CT molecular complexity index is 1260. The Kier molecular flexibility index (Phi) is 8.07. The number of rotatable bonds is 6. The van der Waals surface area contributed by atoms with Crippen LogP contribution >= 0.6 is 24.8 Å². The Labute approximate surface area is 197 Å². The van der Waals surface area contributed by atoms with Crippen molar-refractivity contribution in [1.29, 1.82) is 10.8 Å². The van der Waals surface area contributed by atoms with Gasteiger partial charge in [-0.1, -0.05) is 24.3 Å². The van der Waals surface area contributed by atoms with E-state index in [2.05, 4.69) is 0 Å². The van der Waals surface area contributed by atoms with Crippen LogP contribution in [-0.2, 0) is 0 Å². The lowest BCUT2D eigenvalue weighted by Crippen LogP contribution is -2.10. The van der Waals surface area contributed by atoms with E-state index in [1.165, 1.54) is 0 Å². The summed E-state index contributed by atoms with van der Waals surface area (Å²) in [6.45, 7) is 0. The topological polar surface area (TPSA) is 126 Å². The van der Waals surface area contributed by atoms with E-state index >= 15 is 0 Å². The molecule has 4 aromatic rings. The average molecular weight is 469 g/mol. The molecule has 0 spiro atoms. The molecule has 0 aliphatic heterocycles. The summed E-state index contributed by atoms with van der Waals surface area (Å²) in [7, 11) is 0. The predicted octanol–water partition coefficient (Wildman–Crippen LogP) is 5.87. The Balaban J connectivity index is 0.00000181. The van der Waals surface area contributed by atoms with Crippen LogP contribution in [0.2, 0.25) is 0 Å². The number of benzene rings is 2. The van der Waals surface area contributed by atoms with Gasteiger partial charge in [0, 0.05) is 21.9 Å². The highest BCUT2D eigenvalue weighted by molar-refractivity contribution is 5.99. The normalized spacial score (nSPS) is 11.4. The number of nitrogens with one attached hydrogen (secondary N) is 2. The van der Waals surface area contributed by atoms with E-state index in [0.717, 1.165) is 33.5 Å². The molecule has 0 aliphatic rings. The lowest BCUT2D eigenvalue weighted by atomic mass is 10.1. The first-order chi connectivity index (χ1) is 14.5. The number of allylic oxidation sites excluding steroid dienone is 4. The first-order valence-electron chi connectivity index (χ1n) is 9.27. The van der Waals surface area contributed by atoms with Crippen LogP contribution in [0.3, 0.4) is 0 Å². The molecule has 2 aromatic heterocycles. The number of halogens is 2. The molecule has 164 valence electrons. The maximum absolute atomic E-state index is 7.51. The number of amidine groups is 2. The van der Waals surface area contributed by atoms with Gasteiger partial charge in [0.1, 0.15) is 34.4 Å². The summed E-state index contributed by atoms with van der Waals surface area (Å²) in [4.78, 5) is 0. The first-order valence-corrected chi connectivity index (χ1v) is 9.27. The van der Waals surface area contributed by atoms with Crippen molar-refractivity contribution in [2.75, 3.05) is 0 Å². The fraction of sp³-hybridized carbons (Fsp3) is 0. The van der Waals surface area contributed by atoms with Gasteiger partial charge >= 0.3 is 0 Å². The van der Waals surface area contributed by atoms with Crippen molar-refractivity contribution < 1.29 is 8.83 Å². The van der Waals surface area contributed by atoms with Crippen molar-refractivity contribution in [3.8, 4) is 0 Å². The Hall–Kier alpha value is -3.74. The molecule has 0 saturated heterocycles. The second-order valence-corrected chi connectivity index (χ2v) is 6.73. The number of furan rings is 2. The van der Waals surface area contributed by atoms with E-state index in [1.807, 2.05) is 72.9 Å². The van der Waals surface area contributed by atoms with Crippen LogP contribution in [0.5, 0.6) is 0 Å². The Morgan fingerprint density at radius 2 is 1.03 bits per heavy atom. The maximum atomic E-state index is 7.51. The summed E-state index contributed by atoms with van der Waals surface area (Å²) in [5.41, 5.74) is 13.9. The molecule has 0 bridgehead atoms. The van der Waals surface area contributed by atoms with Crippen molar-refractivity contribution in [2.24, 2.45) is 11.5 Å². The van der Waals surface area contributed by atoms with E-state index in [4.69, 9.17) is 31.1 Å². The largest absolute Gasteiger partial charge is 0.457 e.